The molecule has 2 N–H and O–H groups in total. The van der Waals surface area contributed by atoms with Crippen molar-refractivity contribution < 1.29 is 14.6 Å². The first kappa shape index (κ1) is 16.8. The molecule has 6 heteroatoms. The lowest BCUT2D eigenvalue weighted by Crippen LogP contribution is -2.61. The van der Waals surface area contributed by atoms with Crippen molar-refractivity contribution in [3.05, 3.63) is 17.6 Å². The molecule has 2 atom stereocenters. The molecule has 4 aliphatic carbocycles. The van der Waals surface area contributed by atoms with Crippen molar-refractivity contribution in [3.63, 3.8) is 0 Å². The third kappa shape index (κ3) is 3.12. The molecular weight excluding hydrogens is 318 g/mol. The summed E-state index contributed by atoms with van der Waals surface area (Å²) in [6.07, 6.45) is 7.23. The molecule has 0 saturated heterocycles. The van der Waals surface area contributed by atoms with Crippen LogP contribution in [0, 0.1) is 24.7 Å². The van der Waals surface area contributed by atoms with Gasteiger partial charge in [-0.15, -0.1) is 0 Å². The van der Waals surface area contributed by atoms with E-state index in [-0.39, 0.29) is 11.9 Å². The minimum Gasteiger partial charge on any atom is -0.477 e. The Morgan fingerprint density at radius 2 is 2.08 bits per heavy atom. The van der Waals surface area contributed by atoms with Crippen LogP contribution in [0.2, 0.25) is 0 Å². The van der Waals surface area contributed by atoms with E-state index in [9.17, 15) is 9.90 Å². The molecule has 0 aromatic carbocycles. The molecule has 1 amide bonds. The molecule has 25 heavy (non-hydrogen) atoms. The molecule has 4 aliphatic rings. The van der Waals surface area contributed by atoms with Crippen molar-refractivity contribution >= 4 is 5.91 Å². The van der Waals surface area contributed by atoms with E-state index in [4.69, 9.17) is 4.74 Å². The standard InChI is InChI=1S/C19H27N3O3/c1-3-4-25-18-15(10-20-11(2)21-18)17(23)22-16-13-5-12-6-14(16)9-19(24,7-12)8-13/h10,12-14,16,24H,3-9H2,1-2H3,(H,22,23). The van der Waals surface area contributed by atoms with Crippen molar-refractivity contribution in [2.24, 2.45) is 17.8 Å². The van der Waals surface area contributed by atoms with Crippen molar-refractivity contribution in [1.29, 1.82) is 0 Å². The van der Waals surface area contributed by atoms with Gasteiger partial charge in [-0.05, 0) is 63.2 Å². The van der Waals surface area contributed by atoms with Gasteiger partial charge in [0.25, 0.3) is 5.91 Å². The van der Waals surface area contributed by atoms with Crippen molar-refractivity contribution in [1.82, 2.24) is 15.3 Å². The summed E-state index contributed by atoms with van der Waals surface area (Å²) < 4.78 is 5.66. The molecule has 1 aromatic heterocycles. The number of nitrogens with zero attached hydrogens (tertiary/aromatic N) is 2. The first-order chi connectivity index (χ1) is 12.0. The number of ether oxygens (including phenoxy) is 1. The van der Waals surface area contributed by atoms with E-state index in [0.29, 0.717) is 41.6 Å². The van der Waals surface area contributed by atoms with Crippen molar-refractivity contribution in [3.8, 4) is 5.88 Å². The van der Waals surface area contributed by atoms with Crippen LogP contribution in [0.1, 0.15) is 61.6 Å². The molecule has 4 fully saturated rings. The van der Waals surface area contributed by atoms with Crippen LogP contribution in [0.5, 0.6) is 5.88 Å². The fourth-order valence-electron chi connectivity index (χ4n) is 5.36. The third-order valence-electron chi connectivity index (χ3n) is 6.10. The van der Waals surface area contributed by atoms with E-state index in [1.54, 1.807) is 13.1 Å². The Morgan fingerprint density at radius 3 is 2.72 bits per heavy atom. The smallest absolute Gasteiger partial charge is 0.258 e. The number of aliphatic hydroxyl groups is 1. The number of carbonyl (C=O) groups is 1. The number of hydrogen-bond acceptors (Lipinski definition) is 5. The molecule has 1 heterocycles. The zero-order chi connectivity index (χ0) is 17.6. The highest BCUT2D eigenvalue weighted by molar-refractivity contribution is 5.96. The summed E-state index contributed by atoms with van der Waals surface area (Å²) in [5, 5.41) is 13.9. The van der Waals surface area contributed by atoms with E-state index in [1.165, 1.54) is 0 Å². The molecule has 136 valence electrons. The summed E-state index contributed by atoms with van der Waals surface area (Å²) in [6.45, 7) is 4.34. The lowest BCUT2D eigenvalue weighted by molar-refractivity contribution is -0.136. The van der Waals surface area contributed by atoms with Gasteiger partial charge < -0.3 is 15.2 Å². The summed E-state index contributed by atoms with van der Waals surface area (Å²) >= 11 is 0. The molecule has 4 saturated carbocycles. The van der Waals surface area contributed by atoms with Crippen LogP contribution in [-0.2, 0) is 0 Å². The van der Waals surface area contributed by atoms with Crippen LogP contribution >= 0.6 is 0 Å². The maximum atomic E-state index is 12.9. The van der Waals surface area contributed by atoms with E-state index >= 15 is 0 Å². The highest BCUT2D eigenvalue weighted by Crippen LogP contribution is 2.55. The van der Waals surface area contributed by atoms with Gasteiger partial charge in [-0.3, -0.25) is 4.79 Å². The number of amides is 1. The largest absolute Gasteiger partial charge is 0.477 e. The molecule has 4 bridgehead atoms. The Balaban J connectivity index is 1.51. The Labute approximate surface area is 148 Å². The zero-order valence-corrected chi connectivity index (χ0v) is 15.0. The second kappa shape index (κ2) is 6.24. The quantitative estimate of drug-likeness (QED) is 0.855. The van der Waals surface area contributed by atoms with Crippen molar-refractivity contribution in [2.75, 3.05) is 6.61 Å². The third-order valence-corrected chi connectivity index (χ3v) is 6.10. The van der Waals surface area contributed by atoms with Crippen molar-refractivity contribution in [2.45, 2.75) is 64.0 Å². The maximum absolute atomic E-state index is 12.9. The molecule has 2 unspecified atom stereocenters. The van der Waals surface area contributed by atoms with E-state index in [2.05, 4.69) is 15.3 Å². The maximum Gasteiger partial charge on any atom is 0.258 e. The van der Waals surface area contributed by atoms with Crippen LogP contribution in [0.4, 0.5) is 0 Å². The molecule has 5 rings (SSSR count). The summed E-state index contributed by atoms with van der Waals surface area (Å²) in [6, 6.07) is 0.143. The van der Waals surface area contributed by atoms with E-state index in [0.717, 1.165) is 38.5 Å². The van der Waals surface area contributed by atoms with Crippen LogP contribution in [-0.4, -0.2) is 39.2 Å². The topological polar surface area (TPSA) is 84.3 Å². The lowest BCUT2D eigenvalue weighted by Gasteiger charge is -2.58. The Hall–Kier alpha value is -1.69. The normalized spacial score (nSPS) is 35.6. The number of rotatable bonds is 5. The van der Waals surface area contributed by atoms with Gasteiger partial charge in [0, 0.05) is 12.2 Å². The lowest BCUT2D eigenvalue weighted by atomic mass is 9.52. The van der Waals surface area contributed by atoms with Gasteiger partial charge in [-0.25, -0.2) is 4.98 Å². The van der Waals surface area contributed by atoms with Crippen LogP contribution in [0.25, 0.3) is 0 Å². The fraction of sp³-hybridized carbons (Fsp3) is 0.737. The van der Waals surface area contributed by atoms with Gasteiger partial charge in [-0.1, -0.05) is 6.92 Å². The molecule has 1 aromatic rings. The summed E-state index contributed by atoms with van der Waals surface area (Å²) in [7, 11) is 0. The van der Waals surface area contributed by atoms with E-state index in [1.807, 2.05) is 6.92 Å². The predicted octanol–water partition coefficient (Wildman–Crippen LogP) is 2.24. The minimum absolute atomic E-state index is 0.143. The molecular formula is C19H27N3O3. The molecule has 0 aliphatic heterocycles. The highest BCUT2D eigenvalue weighted by Gasteiger charge is 2.55. The monoisotopic (exact) mass is 345 g/mol. The minimum atomic E-state index is -0.486. The second-order valence-corrected chi connectivity index (χ2v) is 8.18. The average molecular weight is 345 g/mol. The molecule has 6 nitrogen and oxygen atoms in total. The zero-order valence-electron chi connectivity index (χ0n) is 15.0. The summed E-state index contributed by atoms with van der Waals surface area (Å²) in [5.41, 5.74) is -0.0772. The number of aryl methyl sites for hydroxylation is 1. The number of hydrogen-bond donors (Lipinski definition) is 2. The van der Waals surface area contributed by atoms with Gasteiger partial charge in [0.1, 0.15) is 11.4 Å². The van der Waals surface area contributed by atoms with E-state index < -0.39 is 5.60 Å². The van der Waals surface area contributed by atoms with Gasteiger partial charge in [0.15, 0.2) is 0 Å². The first-order valence-corrected chi connectivity index (χ1v) is 9.47. The summed E-state index contributed by atoms with van der Waals surface area (Å²) in [4.78, 5) is 21.3. The molecule has 0 radical (unpaired) electrons. The Bertz CT molecular complexity index is 662. The van der Waals surface area contributed by atoms with Gasteiger partial charge in [0.05, 0.1) is 12.2 Å². The SMILES string of the molecule is CCCOc1nc(C)ncc1C(=O)NC1C2CC3CC1CC(O)(C3)C2. The average Bonchev–Trinajstić information content (AvgIpc) is 2.54. The van der Waals surface area contributed by atoms with Gasteiger partial charge in [-0.2, -0.15) is 4.98 Å². The number of carbonyl (C=O) groups excluding carboxylic acids is 1. The van der Waals surface area contributed by atoms with Gasteiger partial charge >= 0.3 is 0 Å². The Morgan fingerprint density at radius 1 is 1.36 bits per heavy atom. The summed E-state index contributed by atoms with van der Waals surface area (Å²) in [5.74, 6) is 2.20. The van der Waals surface area contributed by atoms with Gasteiger partial charge in [0.2, 0.25) is 5.88 Å². The first-order valence-electron chi connectivity index (χ1n) is 9.47. The number of aromatic nitrogens is 2. The molecule has 0 spiro atoms. The number of nitrogens with one attached hydrogen (secondary N) is 1. The van der Waals surface area contributed by atoms with Crippen LogP contribution in [0.3, 0.4) is 0 Å². The highest BCUT2D eigenvalue weighted by atomic mass is 16.5. The predicted molar refractivity (Wildman–Crippen MR) is 92.3 cm³/mol. The second-order valence-electron chi connectivity index (χ2n) is 8.18. The Kier molecular flexibility index (Phi) is 4.18. The fourth-order valence-corrected chi connectivity index (χ4v) is 5.36. The van der Waals surface area contributed by atoms with Crippen LogP contribution in [0.15, 0.2) is 6.20 Å². The van der Waals surface area contributed by atoms with Crippen LogP contribution < -0.4 is 10.1 Å².